The number of carbonyl (C=O) groups is 2. The molecule has 0 saturated carbocycles. The lowest BCUT2D eigenvalue weighted by Crippen LogP contribution is -2.31. The van der Waals surface area contributed by atoms with E-state index in [4.69, 9.17) is 4.74 Å². The lowest BCUT2D eigenvalue weighted by molar-refractivity contribution is -0.124. The molecule has 1 atom stereocenters. The van der Waals surface area contributed by atoms with Crippen LogP contribution in [0.1, 0.15) is 40.0 Å². The third-order valence-electron chi connectivity index (χ3n) is 3.54. The summed E-state index contributed by atoms with van der Waals surface area (Å²) in [5.41, 5.74) is 3.40. The monoisotopic (exact) mass is 389 g/mol. The second-order valence-corrected chi connectivity index (χ2v) is 6.71. The van der Waals surface area contributed by atoms with E-state index in [2.05, 4.69) is 21.2 Å². The highest BCUT2D eigenvalue weighted by Crippen LogP contribution is 2.16. The Morgan fingerprint density at radius 2 is 1.67 bits per heavy atom. The summed E-state index contributed by atoms with van der Waals surface area (Å²) >= 11 is 3.37. The maximum atomic E-state index is 12.0. The van der Waals surface area contributed by atoms with Crippen LogP contribution < -0.4 is 5.32 Å². The van der Waals surface area contributed by atoms with E-state index in [1.807, 2.05) is 51.1 Å². The maximum absolute atomic E-state index is 12.0. The molecule has 5 heteroatoms. The van der Waals surface area contributed by atoms with E-state index in [9.17, 15) is 9.59 Å². The number of carbonyl (C=O) groups excluding carboxylic acids is 2. The van der Waals surface area contributed by atoms with Gasteiger partial charge in [0.2, 0.25) is 0 Å². The van der Waals surface area contributed by atoms with Crippen LogP contribution in [-0.2, 0) is 9.53 Å². The number of rotatable bonds is 5. The molecule has 0 heterocycles. The van der Waals surface area contributed by atoms with Gasteiger partial charge in [-0.2, -0.15) is 0 Å². The van der Waals surface area contributed by atoms with E-state index in [1.165, 1.54) is 0 Å². The number of ether oxygens (including phenoxy) is 1. The fraction of sp³-hybridized carbons (Fsp3) is 0.263. The van der Waals surface area contributed by atoms with Crippen LogP contribution >= 0.6 is 15.9 Å². The number of hydrogen-bond acceptors (Lipinski definition) is 3. The predicted octanol–water partition coefficient (Wildman–Crippen LogP) is 4.10. The van der Waals surface area contributed by atoms with Gasteiger partial charge in [-0.05, 0) is 50.6 Å². The topological polar surface area (TPSA) is 55.4 Å². The van der Waals surface area contributed by atoms with E-state index in [1.54, 1.807) is 12.1 Å². The third-order valence-corrected chi connectivity index (χ3v) is 4.07. The Bertz CT molecular complexity index is 721. The van der Waals surface area contributed by atoms with E-state index >= 15 is 0 Å². The van der Waals surface area contributed by atoms with Crippen molar-refractivity contribution in [2.24, 2.45) is 0 Å². The molecule has 1 N–H and O–H groups in total. The lowest BCUT2D eigenvalue weighted by Gasteiger charge is -2.14. The van der Waals surface area contributed by atoms with Crippen LogP contribution in [0.2, 0.25) is 0 Å². The first-order valence-electron chi connectivity index (χ1n) is 7.65. The first-order chi connectivity index (χ1) is 11.3. The number of hydrogen-bond donors (Lipinski definition) is 1. The molecule has 0 aliphatic heterocycles. The van der Waals surface area contributed by atoms with Crippen LogP contribution in [0.15, 0.2) is 46.9 Å². The molecule has 0 aromatic heterocycles. The summed E-state index contributed by atoms with van der Waals surface area (Å²) in [6, 6.07) is 13.0. The Labute approximate surface area is 150 Å². The average molecular weight is 390 g/mol. The molecule has 0 radical (unpaired) electrons. The van der Waals surface area contributed by atoms with Crippen molar-refractivity contribution in [3.63, 3.8) is 0 Å². The van der Waals surface area contributed by atoms with Crippen molar-refractivity contribution in [1.82, 2.24) is 5.32 Å². The minimum Gasteiger partial charge on any atom is -0.452 e. The fourth-order valence-corrected chi connectivity index (χ4v) is 2.69. The minimum absolute atomic E-state index is 0.162. The SMILES string of the molecule is Cc1cc(C)cc(C(=O)OCC(=O)N[C@@H](C)c2ccc(Br)cc2)c1. The van der Waals surface area contributed by atoms with Gasteiger partial charge < -0.3 is 10.1 Å². The van der Waals surface area contributed by atoms with Crippen molar-refractivity contribution >= 4 is 27.8 Å². The molecule has 4 nitrogen and oxygen atoms in total. The number of halogens is 1. The first kappa shape index (κ1) is 18.2. The molecule has 0 spiro atoms. The number of benzene rings is 2. The molecule has 126 valence electrons. The summed E-state index contributed by atoms with van der Waals surface area (Å²) < 4.78 is 6.08. The van der Waals surface area contributed by atoms with Crippen LogP contribution in [0.25, 0.3) is 0 Å². The molecule has 24 heavy (non-hydrogen) atoms. The predicted molar refractivity (Wildman–Crippen MR) is 96.9 cm³/mol. The van der Waals surface area contributed by atoms with Crippen molar-refractivity contribution < 1.29 is 14.3 Å². The van der Waals surface area contributed by atoms with Gasteiger partial charge in [-0.25, -0.2) is 4.79 Å². The normalized spacial score (nSPS) is 11.7. The molecule has 2 rings (SSSR count). The number of nitrogens with one attached hydrogen (secondary N) is 1. The molecule has 0 aliphatic carbocycles. The Morgan fingerprint density at radius 3 is 2.25 bits per heavy atom. The van der Waals surface area contributed by atoms with E-state index in [0.717, 1.165) is 21.2 Å². The van der Waals surface area contributed by atoms with E-state index in [0.29, 0.717) is 5.56 Å². The van der Waals surface area contributed by atoms with Crippen LogP contribution in [0, 0.1) is 13.8 Å². The Balaban J connectivity index is 1.88. The molecule has 2 aromatic rings. The smallest absolute Gasteiger partial charge is 0.338 e. The van der Waals surface area contributed by atoms with Crippen molar-refractivity contribution in [3.8, 4) is 0 Å². The molecule has 0 aliphatic rings. The molecule has 0 unspecified atom stereocenters. The van der Waals surface area contributed by atoms with Crippen LogP contribution in [0.3, 0.4) is 0 Å². The van der Waals surface area contributed by atoms with Gasteiger partial charge in [0.25, 0.3) is 5.91 Å². The largest absolute Gasteiger partial charge is 0.452 e. The number of esters is 1. The average Bonchev–Trinajstić information content (AvgIpc) is 2.52. The number of aryl methyl sites for hydroxylation is 2. The maximum Gasteiger partial charge on any atom is 0.338 e. The summed E-state index contributed by atoms with van der Waals surface area (Å²) in [4.78, 5) is 24.0. The van der Waals surface area contributed by atoms with Gasteiger partial charge in [0, 0.05) is 4.47 Å². The standard InChI is InChI=1S/C19H20BrNO3/c1-12-8-13(2)10-16(9-12)19(23)24-11-18(22)21-14(3)15-4-6-17(20)7-5-15/h4-10,14H,11H2,1-3H3,(H,21,22)/t14-/m0/s1. The zero-order valence-corrected chi connectivity index (χ0v) is 15.5. The Kier molecular flexibility index (Phi) is 6.15. The highest BCUT2D eigenvalue weighted by atomic mass is 79.9. The highest BCUT2D eigenvalue weighted by molar-refractivity contribution is 9.10. The Morgan fingerprint density at radius 1 is 1.08 bits per heavy atom. The van der Waals surface area contributed by atoms with Crippen LogP contribution in [0.4, 0.5) is 0 Å². The Hall–Kier alpha value is -2.14. The second-order valence-electron chi connectivity index (χ2n) is 5.79. The minimum atomic E-state index is -0.492. The van der Waals surface area contributed by atoms with Gasteiger partial charge in [-0.3, -0.25) is 4.79 Å². The molecular formula is C19H20BrNO3. The van der Waals surface area contributed by atoms with Gasteiger partial charge in [0.05, 0.1) is 11.6 Å². The van der Waals surface area contributed by atoms with Gasteiger partial charge in [0.1, 0.15) is 0 Å². The van der Waals surface area contributed by atoms with Crippen molar-refractivity contribution in [1.29, 1.82) is 0 Å². The highest BCUT2D eigenvalue weighted by Gasteiger charge is 2.13. The molecule has 0 fully saturated rings. The zero-order chi connectivity index (χ0) is 17.7. The molecular weight excluding hydrogens is 370 g/mol. The van der Waals surface area contributed by atoms with Crippen molar-refractivity contribution in [2.45, 2.75) is 26.8 Å². The molecule has 0 bridgehead atoms. The van der Waals surface area contributed by atoms with Gasteiger partial charge in [-0.15, -0.1) is 0 Å². The third kappa shape index (κ3) is 5.20. The van der Waals surface area contributed by atoms with E-state index in [-0.39, 0.29) is 18.6 Å². The zero-order valence-electron chi connectivity index (χ0n) is 13.9. The van der Waals surface area contributed by atoms with Crippen LogP contribution in [-0.4, -0.2) is 18.5 Å². The van der Waals surface area contributed by atoms with Gasteiger partial charge in [0.15, 0.2) is 6.61 Å². The van der Waals surface area contributed by atoms with Crippen LogP contribution in [0.5, 0.6) is 0 Å². The summed E-state index contributed by atoms with van der Waals surface area (Å²) in [6.07, 6.45) is 0. The fourth-order valence-electron chi connectivity index (χ4n) is 2.42. The summed E-state index contributed by atoms with van der Waals surface area (Å²) in [6.45, 7) is 5.41. The summed E-state index contributed by atoms with van der Waals surface area (Å²) in [5, 5.41) is 2.81. The first-order valence-corrected chi connectivity index (χ1v) is 8.44. The quantitative estimate of drug-likeness (QED) is 0.783. The molecule has 2 aromatic carbocycles. The lowest BCUT2D eigenvalue weighted by atomic mass is 10.1. The summed E-state index contributed by atoms with van der Waals surface area (Å²) in [7, 11) is 0. The second kappa shape index (κ2) is 8.11. The molecule has 1 amide bonds. The molecule has 0 saturated heterocycles. The summed E-state index contributed by atoms with van der Waals surface area (Å²) in [5.74, 6) is -0.823. The van der Waals surface area contributed by atoms with Gasteiger partial charge >= 0.3 is 5.97 Å². The van der Waals surface area contributed by atoms with Crippen molar-refractivity contribution in [2.75, 3.05) is 6.61 Å². The number of amides is 1. The van der Waals surface area contributed by atoms with Crippen molar-refractivity contribution in [3.05, 3.63) is 69.2 Å². The van der Waals surface area contributed by atoms with E-state index < -0.39 is 5.97 Å². The van der Waals surface area contributed by atoms with Gasteiger partial charge in [-0.1, -0.05) is 45.3 Å².